The van der Waals surface area contributed by atoms with Gasteiger partial charge in [0.05, 0.1) is 4.90 Å². The zero-order valence-electron chi connectivity index (χ0n) is 14.7. The molecule has 0 aliphatic rings. The van der Waals surface area contributed by atoms with Crippen molar-refractivity contribution in [2.75, 3.05) is 21.1 Å². The maximum absolute atomic E-state index is 12.7. The lowest BCUT2D eigenvalue weighted by Gasteiger charge is -2.19. The van der Waals surface area contributed by atoms with Crippen LogP contribution in [0.15, 0.2) is 51.8 Å². The zero-order valence-corrected chi connectivity index (χ0v) is 17.1. The molecule has 0 heterocycles. The van der Waals surface area contributed by atoms with Crippen molar-refractivity contribution in [3.63, 3.8) is 0 Å². The normalized spacial score (nSPS) is 11.6. The van der Waals surface area contributed by atoms with Gasteiger partial charge in [0.15, 0.2) is 0 Å². The number of carbonyl (C=O) groups excluding carboxylic acids is 1. The first kappa shape index (κ1) is 19.6. The molecule has 0 bridgehead atoms. The summed E-state index contributed by atoms with van der Waals surface area (Å²) in [7, 11) is 0.978. The maximum Gasteiger partial charge on any atom is 0.253 e. The Morgan fingerprint density at radius 3 is 2.20 bits per heavy atom. The molecule has 2 rings (SSSR count). The lowest BCUT2D eigenvalue weighted by molar-refractivity contribution is 0.0785. The first-order chi connectivity index (χ1) is 11.6. The topological polar surface area (TPSA) is 57.7 Å². The van der Waals surface area contributed by atoms with Crippen LogP contribution >= 0.6 is 15.9 Å². The molecule has 0 saturated carbocycles. The number of halogens is 1. The molecule has 0 N–H and O–H groups in total. The molecule has 0 spiro atoms. The molecule has 0 unspecified atom stereocenters. The third kappa shape index (κ3) is 4.48. The van der Waals surface area contributed by atoms with E-state index < -0.39 is 10.0 Å². The van der Waals surface area contributed by atoms with E-state index in [0.717, 1.165) is 15.4 Å². The van der Waals surface area contributed by atoms with Crippen LogP contribution in [0.3, 0.4) is 0 Å². The Balaban J connectivity index is 2.28. The lowest BCUT2D eigenvalue weighted by atomic mass is 10.1. The number of hydrogen-bond acceptors (Lipinski definition) is 3. The Kier molecular flexibility index (Phi) is 6.03. The number of carbonyl (C=O) groups is 1. The maximum atomic E-state index is 12.7. The SMILES string of the molecule is Cc1ccc(CN(C)C(=O)c2ccc(Br)c(S(=O)(=O)N(C)C)c2)cc1. The van der Waals surface area contributed by atoms with Crippen LogP contribution in [-0.2, 0) is 16.6 Å². The van der Waals surface area contributed by atoms with Gasteiger partial charge in [0.2, 0.25) is 10.0 Å². The van der Waals surface area contributed by atoms with Crippen LogP contribution in [0, 0.1) is 6.92 Å². The van der Waals surface area contributed by atoms with Gasteiger partial charge in [-0.1, -0.05) is 29.8 Å². The standard InChI is InChI=1S/C18H21BrN2O3S/c1-13-5-7-14(8-6-13)12-21(4)18(22)15-9-10-16(19)17(11-15)25(23,24)20(2)3/h5-11H,12H2,1-4H3. The van der Waals surface area contributed by atoms with Gasteiger partial charge in [0.1, 0.15) is 0 Å². The Morgan fingerprint density at radius 2 is 1.64 bits per heavy atom. The monoisotopic (exact) mass is 424 g/mol. The average molecular weight is 425 g/mol. The van der Waals surface area contributed by atoms with Gasteiger partial charge in [-0.25, -0.2) is 12.7 Å². The predicted octanol–water partition coefficient (Wildman–Crippen LogP) is 3.28. The molecule has 0 aliphatic carbocycles. The number of hydrogen-bond donors (Lipinski definition) is 0. The Bertz CT molecular complexity index is 878. The van der Waals surface area contributed by atoms with E-state index in [-0.39, 0.29) is 10.8 Å². The summed E-state index contributed by atoms with van der Waals surface area (Å²) in [5.41, 5.74) is 2.50. The third-order valence-electron chi connectivity index (χ3n) is 3.82. The second kappa shape index (κ2) is 7.68. The first-order valence-corrected chi connectivity index (χ1v) is 9.89. The number of benzene rings is 2. The highest BCUT2D eigenvalue weighted by Gasteiger charge is 2.23. The second-order valence-corrected chi connectivity index (χ2v) is 9.05. The molecule has 2 aromatic rings. The molecule has 0 radical (unpaired) electrons. The fourth-order valence-corrected chi connectivity index (χ4v) is 4.13. The molecule has 1 amide bonds. The third-order valence-corrected chi connectivity index (χ3v) is 6.63. The molecular weight excluding hydrogens is 404 g/mol. The smallest absolute Gasteiger partial charge is 0.253 e. The predicted molar refractivity (Wildman–Crippen MR) is 102 cm³/mol. The van der Waals surface area contributed by atoms with E-state index in [1.165, 1.54) is 20.2 Å². The van der Waals surface area contributed by atoms with Crippen molar-refractivity contribution in [2.45, 2.75) is 18.4 Å². The lowest BCUT2D eigenvalue weighted by Crippen LogP contribution is -2.27. The van der Waals surface area contributed by atoms with Crippen molar-refractivity contribution in [2.24, 2.45) is 0 Å². The minimum atomic E-state index is -3.64. The summed E-state index contributed by atoms with van der Waals surface area (Å²) in [5.74, 6) is -0.233. The molecule has 5 nitrogen and oxygen atoms in total. The molecule has 134 valence electrons. The van der Waals surface area contributed by atoms with Gasteiger partial charge in [-0.05, 0) is 46.6 Å². The van der Waals surface area contributed by atoms with Gasteiger partial charge in [0.25, 0.3) is 5.91 Å². The number of aryl methyl sites for hydroxylation is 1. The van der Waals surface area contributed by atoms with Crippen molar-refractivity contribution in [3.05, 3.63) is 63.6 Å². The fourth-order valence-electron chi connectivity index (χ4n) is 2.29. The van der Waals surface area contributed by atoms with E-state index in [4.69, 9.17) is 0 Å². The number of amides is 1. The molecule has 7 heteroatoms. The van der Waals surface area contributed by atoms with Crippen LogP contribution in [0.1, 0.15) is 21.5 Å². The van der Waals surface area contributed by atoms with Crippen LogP contribution in [0.2, 0.25) is 0 Å². The van der Waals surface area contributed by atoms with Gasteiger partial charge >= 0.3 is 0 Å². The Labute approximate surface area is 157 Å². The number of sulfonamides is 1. The van der Waals surface area contributed by atoms with Crippen molar-refractivity contribution >= 4 is 31.9 Å². The van der Waals surface area contributed by atoms with E-state index in [9.17, 15) is 13.2 Å². The number of rotatable bonds is 5. The summed E-state index contributed by atoms with van der Waals surface area (Å²) < 4.78 is 26.3. The zero-order chi connectivity index (χ0) is 18.8. The summed E-state index contributed by atoms with van der Waals surface area (Å²) in [6, 6.07) is 12.6. The van der Waals surface area contributed by atoms with Gasteiger partial charge in [-0.3, -0.25) is 4.79 Å². The Hall–Kier alpha value is -1.70. The minimum Gasteiger partial charge on any atom is -0.337 e. The summed E-state index contributed by atoms with van der Waals surface area (Å²) in [4.78, 5) is 14.3. The van der Waals surface area contributed by atoms with E-state index >= 15 is 0 Å². The van der Waals surface area contributed by atoms with Gasteiger partial charge in [-0.2, -0.15) is 0 Å². The van der Waals surface area contributed by atoms with Crippen molar-refractivity contribution < 1.29 is 13.2 Å². The highest BCUT2D eigenvalue weighted by atomic mass is 79.9. The summed E-state index contributed by atoms with van der Waals surface area (Å²) in [5, 5.41) is 0. The van der Waals surface area contributed by atoms with Gasteiger partial charge < -0.3 is 4.90 Å². The molecule has 0 aliphatic heterocycles. The molecule has 0 atom stereocenters. The summed E-state index contributed by atoms with van der Waals surface area (Å²) in [6.45, 7) is 2.46. The van der Waals surface area contributed by atoms with Crippen LogP contribution < -0.4 is 0 Å². The van der Waals surface area contributed by atoms with Crippen molar-refractivity contribution in [1.29, 1.82) is 0 Å². The summed E-state index contributed by atoms with van der Waals surface area (Å²) >= 11 is 3.25. The highest BCUT2D eigenvalue weighted by Crippen LogP contribution is 2.26. The largest absolute Gasteiger partial charge is 0.337 e. The fraction of sp³-hybridized carbons (Fsp3) is 0.278. The molecule has 0 aromatic heterocycles. The second-order valence-electron chi connectivity index (χ2n) is 6.08. The molecule has 0 saturated heterocycles. The molecule has 0 fully saturated rings. The van der Waals surface area contributed by atoms with E-state index in [1.807, 2.05) is 31.2 Å². The van der Waals surface area contributed by atoms with Crippen LogP contribution in [0.5, 0.6) is 0 Å². The number of nitrogens with zero attached hydrogens (tertiary/aromatic N) is 2. The van der Waals surface area contributed by atoms with Crippen LogP contribution in [0.25, 0.3) is 0 Å². The molecule has 2 aromatic carbocycles. The quantitative estimate of drug-likeness (QED) is 0.739. The van der Waals surface area contributed by atoms with Gasteiger partial charge in [-0.15, -0.1) is 0 Å². The summed E-state index contributed by atoms with van der Waals surface area (Å²) in [6.07, 6.45) is 0. The molecular formula is C18H21BrN2O3S. The van der Waals surface area contributed by atoms with Crippen molar-refractivity contribution in [3.8, 4) is 0 Å². The first-order valence-electron chi connectivity index (χ1n) is 7.66. The minimum absolute atomic E-state index is 0.0760. The van der Waals surface area contributed by atoms with E-state index in [0.29, 0.717) is 16.6 Å². The average Bonchev–Trinajstić information content (AvgIpc) is 2.56. The van der Waals surface area contributed by atoms with E-state index in [1.54, 1.807) is 24.1 Å². The van der Waals surface area contributed by atoms with Gasteiger partial charge in [0, 0.05) is 37.7 Å². The van der Waals surface area contributed by atoms with Crippen molar-refractivity contribution in [1.82, 2.24) is 9.21 Å². The van der Waals surface area contributed by atoms with Crippen LogP contribution in [0.4, 0.5) is 0 Å². The molecule has 25 heavy (non-hydrogen) atoms. The Morgan fingerprint density at radius 1 is 1.04 bits per heavy atom. The van der Waals surface area contributed by atoms with Crippen LogP contribution in [-0.4, -0.2) is 44.7 Å². The highest BCUT2D eigenvalue weighted by molar-refractivity contribution is 9.10. The van der Waals surface area contributed by atoms with E-state index in [2.05, 4.69) is 15.9 Å².